The quantitative estimate of drug-likeness (QED) is 0.291. The van der Waals surface area contributed by atoms with E-state index in [0.29, 0.717) is 30.1 Å². The van der Waals surface area contributed by atoms with Gasteiger partial charge in [-0.25, -0.2) is 4.39 Å². The van der Waals surface area contributed by atoms with Crippen molar-refractivity contribution in [1.82, 2.24) is 4.90 Å². The zero-order chi connectivity index (χ0) is 32.0. The van der Waals surface area contributed by atoms with Gasteiger partial charge in [0.05, 0.1) is 7.11 Å². The lowest BCUT2D eigenvalue weighted by Gasteiger charge is -2.37. The maximum absolute atomic E-state index is 14.6. The minimum atomic E-state index is -0.298. The predicted molar refractivity (Wildman–Crippen MR) is 181 cm³/mol. The highest BCUT2D eigenvalue weighted by Crippen LogP contribution is 2.31. The molecule has 2 aromatic carbocycles. The van der Waals surface area contributed by atoms with E-state index in [0.717, 1.165) is 56.0 Å². The van der Waals surface area contributed by atoms with E-state index >= 15 is 0 Å². The van der Waals surface area contributed by atoms with Crippen LogP contribution in [-0.2, 0) is 6.54 Å². The first-order valence-electron chi connectivity index (χ1n) is 15.9. The van der Waals surface area contributed by atoms with Crippen molar-refractivity contribution in [2.75, 3.05) is 44.8 Å². The summed E-state index contributed by atoms with van der Waals surface area (Å²) >= 11 is 0. The highest BCUT2D eigenvalue weighted by atomic mass is 19.1. The van der Waals surface area contributed by atoms with Gasteiger partial charge in [-0.15, -0.1) is 12.8 Å². The molecule has 0 bridgehead atoms. The van der Waals surface area contributed by atoms with Crippen molar-refractivity contribution in [3.8, 4) is 24.3 Å². The third kappa shape index (κ3) is 10.8. The molecule has 1 saturated heterocycles. The Labute approximate surface area is 265 Å². The number of nitrogens with zero attached hydrogens (tertiary/aromatic N) is 2. The molecule has 0 spiro atoms. The van der Waals surface area contributed by atoms with Gasteiger partial charge in [-0.3, -0.25) is 4.90 Å². The second-order valence-corrected chi connectivity index (χ2v) is 12.4. The maximum atomic E-state index is 14.6. The summed E-state index contributed by atoms with van der Waals surface area (Å²) in [5.41, 5.74) is 5.24. The molecule has 1 aliphatic heterocycles. The fourth-order valence-electron chi connectivity index (χ4n) is 6.14. The molecule has 2 aliphatic carbocycles. The van der Waals surface area contributed by atoms with E-state index in [1.807, 2.05) is 36.4 Å². The average molecular weight is 603 g/mol. The average Bonchev–Trinajstić information content (AvgIpc) is 3.22. The van der Waals surface area contributed by atoms with Gasteiger partial charge in [0, 0.05) is 37.9 Å². The summed E-state index contributed by atoms with van der Waals surface area (Å²) < 4.78 is 25.7. The summed E-state index contributed by atoms with van der Waals surface area (Å²) in [6, 6.07) is 13.2. The number of aliphatic hydroxyl groups excluding tert-OH is 1. The van der Waals surface area contributed by atoms with Crippen LogP contribution in [0.2, 0.25) is 0 Å². The number of anilines is 1. The van der Waals surface area contributed by atoms with Crippen LogP contribution in [0, 0.1) is 24.1 Å². The SMILES string of the molecule is C#C.CCN(Cc1ccc(OCCN2CCCC(C)(C)C2)c(F)c1)c1cccc(OC)c1.OC1=CC2=C(CC=C1)CCCC2. The number of hydrogen-bond donors (Lipinski definition) is 1. The molecular weight excluding hydrogens is 551 g/mol. The normalized spacial score (nSPS) is 17.5. The third-order valence-electron chi connectivity index (χ3n) is 8.42. The number of aliphatic hydroxyl groups is 1. The topological polar surface area (TPSA) is 45.2 Å². The monoisotopic (exact) mass is 602 g/mol. The first-order chi connectivity index (χ1) is 21.3. The van der Waals surface area contributed by atoms with Gasteiger partial charge in [0.15, 0.2) is 11.6 Å². The lowest BCUT2D eigenvalue weighted by atomic mass is 9.84. The standard InChI is InChI=1S/C25H35FN2O2.C11H14O.C2H2/c1-5-28(21-8-6-9-22(17-21)29-4)18-20-10-11-24(23(26)16-20)30-15-14-27-13-7-12-25(2,3)19-27;12-11-7-3-6-9-4-1-2-5-10(9)8-11;1-2/h6,8-11,16-17H,5,7,12-15,18-19H2,1-4H3;3,7-8,12H,1-2,4-6H2;1-2H. The molecule has 5 rings (SSSR count). The van der Waals surface area contributed by atoms with E-state index in [1.165, 1.54) is 43.3 Å². The summed E-state index contributed by atoms with van der Waals surface area (Å²) in [5, 5.41) is 9.37. The smallest absolute Gasteiger partial charge is 0.165 e. The summed E-state index contributed by atoms with van der Waals surface area (Å²) in [5.74, 6) is 1.27. The molecule has 1 N–H and O–H groups in total. The van der Waals surface area contributed by atoms with E-state index in [2.05, 4.69) is 49.5 Å². The van der Waals surface area contributed by atoms with E-state index in [9.17, 15) is 9.50 Å². The molecule has 3 aliphatic rings. The number of hydrogen-bond acceptors (Lipinski definition) is 5. The number of terminal acetylenes is 1. The molecule has 0 saturated carbocycles. The number of rotatable bonds is 9. The lowest BCUT2D eigenvalue weighted by molar-refractivity contribution is 0.101. The van der Waals surface area contributed by atoms with Crippen molar-refractivity contribution in [3.63, 3.8) is 0 Å². The molecule has 0 atom stereocenters. The van der Waals surface area contributed by atoms with Crippen LogP contribution in [0.15, 0.2) is 77.6 Å². The lowest BCUT2D eigenvalue weighted by Crippen LogP contribution is -2.41. The second-order valence-electron chi connectivity index (χ2n) is 12.4. The fraction of sp³-hybridized carbons (Fsp3) is 0.474. The number of halogens is 1. The largest absolute Gasteiger partial charge is 0.508 e. The first-order valence-corrected chi connectivity index (χ1v) is 15.9. The van der Waals surface area contributed by atoms with Crippen molar-refractivity contribution in [3.05, 3.63) is 89.0 Å². The Morgan fingerprint density at radius 2 is 1.86 bits per heavy atom. The van der Waals surface area contributed by atoms with Crippen LogP contribution >= 0.6 is 0 Å². The number of ether oxygens (including phenoxy) is 2. The Morgan fingerprint density at radius 1 is 1.07 bits per heavy atom. The fourth-order valence-corrected chi connectivity index (χ4v) is 6.14. The zero-order valence-electron chi connectivity index (χ0n) is 27.2. The number of piperidine rings is 1. The van der Waals surface area contributed by atoms with E-state index in [-0.39, 0.29) is 5.82 Å². The van der Waals surface area contributed by atoms with Crippen molar-refractivity contribution >= 4 is 5.69 Å². The molecule has 44 heavy (non-hydrogen) atoms. The molecule has 1 heterocycles. The molecule has 6 heteroatoms. The number of likely N-dealkylation sites (tertiary alicyclic amines) is 1. The van der Waals surface area contributed by atoms with Crippen LogP contribution in [-0.4, -0.2) is 49.9 Å². The van der Waals surface area contributed by atoms with Crippen LogP contribution in [0.3, 0.4) is 0 Å². The van der Waals surface area contributed by atoms with Gasteiger partial charge in [-0.1, -0.05) is 37.6 Å². The second kappa shape index (κ2) is 17.6. The van der Waals surface area contributed by atoms with Gasteiger partial charge >= 0.3 is 0 Å². The Kier molecular flexibility index (Phi) is 13.9. The van der Waals surface area contributed by atoms with Gasteiger partial charge < -0.3 is 19.5 Å². The van der Waals surface area contributed by atoms with Crippen molar-refractivity contribution < 1.29 is 19.0 Å². The van der Waals surface area contributed by atoms with Gasteiger partial charge in [0.2, 0.25) is 0 Å². The van der Waals surface area contributed by atoms with Crippen molar-refractivity contribution in [2.45, 2.75) is 72.3 Å². The van der Waals surface area contributed by atoms with Gasteiger partial charge in [0.25, 0.3) is 0 Å². The van der Waals surface area contributed by atoms with Gasteiger partial charge in [-0.2, -0.15) is 0 Å². The predicted octanol–water partition coefficient (Wildman–Crippen LogP) is 8.87. The maximum Gasteiger partial charge on any atom is 0.165 e. The van der Waals surface area contributed by atoms with E-state index in [4.69, 9.17) is 9.47 Å². The summed E-state index contributed by atoms with van der Waals surface area (Å²) in [7, 11) is 1.66. The molecule has 0 aromatic heterocycles. The summed E-state index contributed by atoms with van der Waals surface area (Å²) in [4.78, 5) is 4.61. The third-order valence-corrected chi connectivity index (χ3v) is 8.42. The first kappa shape index (κ1) is 34.8. The Bertz CT molecular complexity index is 1310. The van der Waals surface area contributed by atoms with Crippen LogP contribution in [0.4, 0.5) is 10.1 Å². The van der Waals surface area contributed by atoms with Crippen molar-refractivity contribution in [2.24, 2.45) is 5.41 Å². The zero-order valence-corrected chi connectivity index (χ0v) is 27.2. The highest BCUT2D eigenvalue weighted by Gasteiger charge is 2.26. The Morgan fingerprint density at radius 3 is 2.59 bits per heavy atom. The minimum absolute atomic E-state index is 0.298. The van der Waals surface area contributed by atoms with Crippen LogP contribution in [0.25, 0.3) is 0 Å². The molecule has 0 radical (unpaired) electrons. The molecule has 0 amide bonds. The van der Waals surface area contributed by atoms with Gasteiger partial charge in [0.1, 0.15) is 18.1 Å². The molecule has 2 aromatic rings. The number of methoxy groups -OCH3 is 1. The van der Waals surface area contributed by atoms with Gasteiger partial charge in [-0.05, 0) is 111 Å². The minimum Gasteiger partial charge on any atom is -0.508 e. The molecule has 0 unspecified atom stereocenters. The molecular formula is C38H51FN2O3. The van der Waals surface area contributed by atoms with Crippen LogP contribution in [0.1, 0.15) is 71.3 Å². The Balaban J connectivity index is 0.000000312. The molecule has 5 nitrogen and oxygen atoms in total. The summed E-state index contributed by atoms with van der Waals surface area (Å²) in [6.07, 6.45) is 22.3. The number of allylic oxidation sites excluding steroid dienone is 5. The summed E-state index contributed by atoms with van der Waals surface area (Å²) in [6.45, 7) is 11.7. The van der Waals surface area contributed by atoms with Crippen LogP contribution < -0.4 is 14.4 Å². The highest BCUT2D eigenvalue weighted by molar-refractivity contribution is 5.51. The molecule has 1 fully saturated rings. The van der Waals surface area contributed by atoms with Crippen molar-refractivity contribution in [1.29, 1.82) is 0 Å². The molecule has 238 valence electrons. The van der Waals surface area contributed by atoms with Crippen LogP contribution in [0.5, 0.6) is 11.5 Å². The number of benzene rings is 2. The van der Waals surface area contributed by atoms with E-state index < -0.39 is 0 Å². The Hall–Kier alpha value is -3.69. The van der Waals surface area contributed by atoms with E-state index in [1.54, 1.807) is 25.3 Å².